The zero-order chi connectivity index (χ0) is 14.7. The fourth-order valence-electron chi connectivity index (χ4n) is 3.03. The quantitative estimate of drug-likeness (QED) is 0.638. The topological polar surface area (TPSA) is 46.4 Å². The van der Waals surface area contributed by atoms with Crippen molar-refractivity contribution in [3.63, 3.8) is 0 Å². The fraction of sp³-hybridized carbons (Fsp3) is 0.294. The Kier molecular flexibility index (Phi) is 3.86. The molecule has 0 radical (unpaired) electrons. The molecule has 0 spiro atoms. The van der Waals surface area contributed by atoms with Gasteiger partial charge in [0.05, 0.1) is 6.04 Å². The van der Waals surface area contributed by atoms with Crippen molar-refractivity contribution in [3.8, 4) is 0 Å². The normalized spacial score (nSPS) is 17.3. The summed E-state index contributed by atoms with van der Waals surface area (Å²) in [5.74, 6) is 0. The largest absolute Gasteiger partial charge is 0.357 e. The first-order valence-electron chi connectivity index (χ1n) is 7.24. The standard InChI is InChI=1S/C17H18N2O2/c20-19(21)13-16-11-10-15-8-4-5-9-17(15)18(16)12-14-6-2-1-3-7-14/h1-9,16H,10-13H2. The van der Waals surface area contributed by atoms with Crippen molar-refractivity contribution in [1.82, 2.24) is 0 Å². The Morgan fingerprint density at radius 3 is 2.57 bits per heavy atom. The van der Waals surface area contributed by atoms with Crippen LogP contribution in [0.2, 0.25) is 0 Å². The Balaban J connectivity index is 1.92. The highest BCUT2D eigenvalue weighted by Crippen LogP contribution is 2.31. The number of nitro groups is 1. The smallest absolute Gasteiger partial charge is 0.223 e. The van der Waals surface area contributed by atoms with Crippen LogP contribution in [-0.2, 0) is 13.0 Å². The number of aryl methyl sites for hydroxylation is 1. The van der Waals surface area contributed by atoms with Crippen molar-refractivity contribution in [1.29, 1.82) is 0 Å². The van der Waals surface area contributed by atoms with E-state index in [1.54, 1.807) is 0 Å². The van der Waals surface area contributed by atoms with Gasteiger partial charge in [0, 0.05) is 17.2 Å². The molecule has 3 rings (SSSR count). The highest BCUT2D eigenvalue weighted by molar-refractivity contribution is 5.56. The van der Waals surface area contributed by atoms with Crippen LogP contribution < -0.4 is 4.90 Å². The SMILES string of the molecule is O=[N+]([O-])CC1CCc2ccccc2N1Cc1ccccc1. The molecule has 0 bridgehead atoms. The number of para-hydroxylation sites is 1. The van der Waals surface area contributed by atoms with Crippen molar-refractivity contribution in [2.75, 3.05) is 11.4 Å². The first-order chi connectivity index (χ1) is 10.2. The third-order valence-corrected chi connectivity index (χ3v) is 4.04. The number of hydrogen-bond donors (Lipinski definition) is 0. The highest BCUT2D eigenvalue weighted by Gasteiger charge is 2.29. The summed E-state index contributed by atoms with van der Waals surface area (Å²) in [4.78, 5) is 13.0. The lowest BCUT2D eigenvalue weighted by atomic mass is 9.95. The minimum atomic E-state index is -0.198. The summed E-state index contributed by atoms with van der Waals surface area (Å²) in [6.07, 6.45) is 1.75. The first-order valence-corrected chi connectivity index (χ1v) is 7.24. The second kappa shape index (κ2) is 5.95. The summed E-state index contributed by atoms with van der Waals surface area (Å²) in [7, 11) is 0. The molecule has 0 saturated carbocycles. The van der Waals surface area contributed by atoms with E-state index in [0.29, 0.717) is 0 Å². The average molecular weight is 282 g/mol. The van der Waals surface area contributed by atoms with Gasteiger partial charge in [-0.1, -0.05) is 48.5 Å². The van der Waals surface area contributed by atoms with Gasteiger partial charge < -0.3 is 4.90 Å². The van der Waals surface area contributed by atoms with Crippen LogP contribution in [0.4, 0.5) is 5.69 Å². The van der Waals surface area contributed by atoms with Crippen LogP contribution in [0.3, 0.4) is 0 Å². The lowest BCUT2D eigenvalue weighted by Crippen LogP contribution is -2.43. The van der Waals surface area contributed by atoms with Crippen molar-refractivity contribution in [2.24, 2.45) is 0 Å². The molecule has 108 valence electrons. The monoisotopic (exact) mass is 282 g/mol. The predicted octanol–water partition coefficient (Wildman–Crippen LogP) is 3.28. The maximum atomic E-state index is 11.0. The molecule has 1 atom stereocenters. The number of anilines is 1. The van der Waals surface area contributed by atoms with E-state index in [0.717, 1.165) is 25.1 Å². The minimum absolute atomic E-state index is 0.00116. The summed E-state index contributed by atoms with van der Waals surface area (Å²) in [5, 5.41) is 11.0. The van der Waals surface area contributed by atoms with Gasteiger partial charge in [-0.2, -0.15) is 0 Å². The van der Waals surface area contributed by atoms with Crippen LogP contribution in [-0.4, -0.2) is 17.5 Å². The molecule has 0 saturated heterocycles. The molecular formula is C17H18N2O2. The summed E-state index contributed by atoms with van der Waals surface area (Å²) in [6, 6.07) is 18.3. The van der Waals surface area contributed by atoms with Gasteiger partial charge in [0.2, 0.25) is 6.54 Å². The lowest BCUT2D eigenvalue weighted by molar-refractivity contribution is -0.482. The first kappa shape index (κ1) is 13.6. The van der Waals surface area contributed by atoms with Crippen molar-refractivity contribution >= 4 is 5.69 Å². The fourth-order valence-corrected chi connectivity index (χ4v) is 3.03. The molecule has 0 aromatic heterocycles. The van der Waals surface area contributed by atoms with Crippen molar-refractivity contribution in [3.05, 3.63) is 75.8 Å². The van der Waals surface area contributed by atoms with E-state index in [4.69, 9.17) is 0 Å². The molecule has 0 N–H and O–H groups in total. The van der Waals surface area contributed by atoms with E-state index in [1.807, 2.05) is 30.3 Å². The Labute approximate surface area is 124 Å². The second-order valence-electron chi connectivity index (χ2n) is 5.45. The molecule has 1 heterocycles. The number of benzene rings is 2. The van der Waals surface area contributed by atoms with Gasteiger partial charge in [-0.05, 0) is 30.0 Å². The number of fused-ring (bicyclic) bond motifs is 1. The number of nitrogens with zero attached hydrogens (tertiary/aromatic N) is 2. The molecular weight excluding hydrogens is 264 g/mol. The van der Waals surface area contributed by atoms with Crippen LogP contribution in [0.25, 0.3) is 0 Å². The molecule has 21 heavy (non-hydrogen) atoms. The maximum Gasteiger partial charge on any atom is 0.223 e. The van der Waals surface area contributed by atoms with E-state index in [9.17, 15) is 10.1 Å². The molecule has 1 aliphatic heterocycles. The molecule has 1 unspecified atom stereocenters. The average Bonchev–Trinajstić information content (AvgIpc) is 2.50. The van der Waals surface area contributed by atoms with Gasteiger partial charge in [-0.25, -0.2) is 0 Å². The Bertz CT molecular complexity index is 628. The van der Waals surface area contributed by atoms with Crippen LogP contribution in [0.5, 0.6) is 0 Å². The summed E-state index contributed by atoms with van der Waals surface area (Å²) in [6.45, 7) is 0.720. The summed E-state index contributed by atoms with van der Waals surface area (Å²) in [5.41, 5.74) is 3.61. The van der Waals surface area contributed by atoms with Gasteiger partial charge in [0.25, 0.3) is 0 Å². The highest BCUT2D eigenvalue weighted by atomic mass is 16.6. The van der Waals surface area contributed by atoms with E-state index in [-0.39, 0.29) is 17.5 Å². The van der Waals surface area contributed by atoms with Crippen molar-refractivity contribution < 1.29 is 4.92 Å². The third kappa shape index (κ3) is 3.05. The third-order valence-electron chi connectivity index (χ3n) is 4.04. The zero-order valence-electron chi connectivity index (χ0n) is 11.8. The molecule has 1 aliphatic rings. The van der Waals surface area contributed by atoms with Crippen LogP contribution in [0.15, 0.2) is 54.6 Å². The van der Waals surface area contributed by atoms with Gasteiger partial charge in [0.15, 0.2) is 0 Å². The van der Waals surface area contributed by atoms with Crippen LogP contribution in [0, 0.1) is 10.1 Å². The van der Waals surface area contributed by atoms with Gasteiger partial charge >= 0.3 is 0 Å². The minimum Gasteiger partial charge on any atom is -0.357 e. The molecule has 4 heteroatoms. The second-order valence-corrected chi connectivity index (χ2v) is 5.45. The van der Waals surface area contributed by atoms with Crippen LogP contribution in [0.1, 0.15) is 17.5 Å². The number of rotatable bonds is 4. The van der Waals surface area contributed by atoms with Gasteiger partial charge in [-0.15, -0.1) is 0 Å². The van der Waals surface area contributed by atoms with E-state index in [1.165, 1.54) is 11.1 Å². The van der Waals surface area contributed by atoms with Gasteiger partial charge in [0.1, 0.15) is 0 Å². The molecule has 0 aliphatic carbocycles. The molecule has 0 amide bonds. The predicted molar refractivity (Wildman–Crippen MR) is 83.0 cm³/mol. The van der Waals surface area contributed by atoms with E-state index < -0.39 is 0 Å². The zero-order valence-corrected chi connectivity index (χ0v) is 11.8. The van der Waals surface area contributed by atoms with Crippen LogP contribution >= 0.6 is 0 Å². The summed E-state index contributed by atoms with van der Waals surface area (Å²) < 4.78 is 0. The van der Waals surface area contributed by atoms with E-state index in [2.05, 4.69) is 29.2 Å². The Hall–Kier alpha value is -2.36. The molecule has 4 nitrogen and oxygen atoms in total. The molecule has 0 fully saturated rings. The van der Waals surface area contributed by atoms with E-state index >= 15 is 0 Å². The maximum absolute atomic E-state index is 11.0. The van der Waals surface area contributed by atoms with Crippen molar-refractivity contribution in [2.45, 2.75) is 25.4 Å². The summed E-state index contributed by atoms with van der Waals surface area (Å²) >= 11 is 0. The Morgan fingerprint density at radius 2 is 1.81 bits per heavy atom. The molecule has 2 aromatic rings. The van der Waals surface area contributed by atoms with Gasteiger partial charge in [-0.3, -0.25) is 10.1 Å². The Morgan fingerprint density at radius 1 is 1.10 bits per heavy atom. The molecule has 2 aromatic carbocycles. The number of hydrogen-bond acceptors (Lipinski definition) is 3. The lowest BCUT2D eigenvalue weighted by Gasteiger charge is -2.37.